The molecular weight excluding hydrogens is 386 g/mol. The number of hydrogen-bond donors (Lipinski definition) is 1. The zero-order chi connectivity index (χ0) is 22.5. The number of rotatable bonds is 7. The monoisotopic (exact) mass is 423 g/mol. The Morgan fingerprint density at radius 2 is 1.84 bits per heavy atom. The van der Waals surface area contributed by atoms with Gasteiger partial charge in [0.25, 0.3) is 5.91 Å². The van der Waals surface area contributed by atoms with Gasteiger partial charge in [0.1, 0.15) is 5.82 Å². The first kappa shape index (κ1) is 23.2. The molecule has 0 bridgehead atoms. The minimum absolute atomic E-state index is 0.0474. The van der Waals surface area contributed by atoms with Crippen molar-refractivity contribution in [3.63, 3.8) is 0 Å². The second-order valence-electron chi connectivity index (χ2n) is 9.32. The highest BCUT2D eigenvalue weighted by Crippen LogP contribution is 2.23. The average molecular weight is 424 g/mol. The minimum Gasteiger partial charge on any atom is -0.342 e. The summed E-state index contributed by atoms with van der Waals surface area (Å²) in [6.07, 6.45) is 3.89. The van der Waals surface area contributed by atoms with E-state index < -0.39 is 0 Å². The Bertz CT molecular complexity index is 923. The standard InChI is InChI=1S/C25H37N5O/c1-7-18(4)16-29-9-8-23-27-28-24(30(23)11-10-29)22(12-17(2)3)26-25(31)21-14-19(5)13-20(6)15-21/h7,13-15,17,22H,8-12,16H2,1-6H3,(H,26,31)/b18-7+/t22-/m0/s1. The molecule has 1 aliphatic heterocycles. The first-order valence-electron chi connectivity index (χ1n) is 11.4. The van der Waals surface area contributed by atoms with Gasteiger partial charge < -0.3 is 9.88 Å². The van der Waals surface area contributed by atoms with E-state index in [9.17, 15) is 4.79 Å². The van der Waals surface area contributed by atoms with Gasteiger partial charge in [0.2, 0.25) is 0 Å². The Hall–Kier alpha value is -2.47. The molecule has 0 unspecified atom stereocenters. The molecule has 31 heavy (non-hydrogen) atoms. The van der Waals surface area contributed by atoms with Gasteiger partial charge in [-0.3, -0.25) is 9.69 Å². The highest BCUT2D eigenvalue weighted by atomic mass is 16.1. The van der Waals surface area contributed by atoms with Crippen molar-refractivity contribution in [1.82, 2.24) is 25.0 Å². The predicted octanol–water partition coefficient (Wildman–Crippen LogP) is 4.24. The van der Waals surface area contributed by atoms with Crippen LogP contribution in [0, 0.1) is 19.8 Å². The molecule has 0 saturated heterocycles. The van der Waals surface area contributed by atoms with E-state index in [1.54, 1.807) is 0 Å². The Labute approximate surface area is 186 Å². The molecule has 1 atom stereocenters. The molecule has 0 spiro atoms. The molecule has 1 amide bonds. The number of nitrogens with one attached hydrogen (secondary N) is 1. The Morgan fingerprint density at radius 3 is 2.48 bits per heavy atom. The zero-order valence-electron chi connectivity index (χ0n) is 19.9. The topological polar surface area (TPSA) is 63.1 Å². The second-order valence-corrected chi connectivity index (χ2v) is 9.32. The van der Waals surface area contributed by atoms with E-state index in [0.29, 0.717) is 11.5 Å². The summed E-state index contributed by atoms with van der Waals surface area (Å²) in [6.45, 7) is 16.5. The fraction of sp³-hybridized carbons (Fsp3) is 0.560. The maximum Gasteiger partial charge on any atom is 0.251 e. The van der Waals surface area contributed by atoms with Gasteiger partial charge in [0.15, 0.2) is 5.82 Å². The summed E-state index contributed by atoms with van der Waals surface area (Å²) in [4.78, 5) is 15.6. The van der Waals surface area contributed by atoms with Crippen molar-refractivity contribution in [3.8, 4) is 0 Å². The fourth-order valence-electron chi connectivity index (χ4n) is 4.30. The Morgan fingerprint density at radius 1 is 1.13 bits per heavy atom. The molecule has 1 N–H and O–H groups in total. The van der Waals surface area contributed by atoms with E-state index in [1.165, 1.54) is 5.57 Å². The number of hydrogen-bond acceptors (Lipinski definition) is 4. The molecule has 0 fully saturated rings. The number of carbonyl (C=O) groups excluding carboxylic acids is 1. The van der Waals surface area contributed by atoms with Gasteiger partial charge in [-0.15, -0.1) is 10.2 Å². The van der Waals surface area contributed by atoms with Gasteiger partial charge >= 0.3 is 0 Å². The Kier molecular flexibility index (Phi) is 7.65. The maximum absolute atomic E-state index is 13.1. The lowest BCUT2D eigenvalue weighted by Crippen LogP contribution is -2.33. The summed E-state index contributed by atoms with van der Waals surface area (Å²) in [5, 5.41) is 12.3. The Balaban J connectivity index is 1.81. The number of nitrogens with zero attached hydrogens (tertiary/aromatic N) is 4. The molecule has 1 aromatic carbocycles. The lowest BCUT2D eigenvalue weighted by Gasteiger charge is -2.22. The summed E-state index contributed by atoms with van der Waals surface area (Å²) < 4.78 is 2.24. The van der Waals surface area contributed by atoms with Gasteiger partial charge in [0.05, 0.1) is 6.04 Å². The summed E-state index contributed by atoms with van der Waals surface area (Å²) in [6, 6.07) is 5.82. The molecule has 1 aromatic heterocycles. The summed E-state index contributed by atoms with van der Waals surface area (Å²) in [5.41, 5.74) is 4.28. The molecule has 6 nitrogen and oxygen atoms in total. The lowest BCUT2D eigenvalue weighted by molar-refractivity contribution is 0.0928. The van der Waals surface area contributed by atoms with Crippen LogP contribution in [0.5, 0.6) is 0 Å². The van der Waals surface area contributed by atoms with E-state index >= 15 is 0 Å². The van der Waals surface area contributed by atoms with Crippen molar-refractivity contribution in [3.05, 3.63) is 58.2 Å². The van der Waals surface area contributed by atoms with Crippen molar-refractivity contribution in [2.45, 2.75) is 67.0 Å². The number of aryl methyl sites for hydroxylation is 2. The summed E-state index contributed by atoms with van der Waals surface area (Å²) >= 11 is 0. The normalized spacial score (nSPS) is 16.2. The van der Waals surface area contributed by atoms with Crippen molar-refractivity contribution in [2.24, 2.45) is 5.92 Å². The van der Waals surface area contributed by atoms with Crippen LogP contribution in [0.2, 0.25) is 0 Å². The average Bonchev–Trinajstić information content (AvgIpc) is 3.00. The van der Waals surface area contributed by atoms with E-state index in [4.69, 9.17) is 0 Å². The maximum atomic E-state index is 13.1. The molecule has 3 rings (SSSR count). The molecule has 2 heterocycles. The molecular formula is C25H37N5O. The third kappa shape index (κ3) is 6.03. The van der Waals surface area contributed by atoms with E-state index in [1.807, 2.05) is 26.0 Å². The molecule has 1 aliphatic rings. The molecule has 0 radical (unpaired) electrons. The highest BCUT2D eigenvalue weighted by Gasteiger charge is 2.26. The largest absolute Gasteiger partial charge is 0.342 e. The van der Waals surface area contributed by atoms with Crippen molar-refractivity contribution in [1.29, 1.82) is 0 Å². The smallest absolute Gasteiger partial charge is 0.251 e. The molecule has 6 heteroatoms. The molecule has 168 valence electrons. The van der Waals surface area contributed by atoms with E-state index in [0.717, 1.165) is 61.8 Å². The third-order valence-electron chi connectivity index (χ3n) is 5.92. The molecule has 0 saturated carbocycles. The van der Waals surface area contributed by atoms with Crippen LogP contribution in [-0.2, 0) is 13.0 Å². The summed E-state index contributed by atoms with van der Waals surface area (Å²) in [5.74, 6) is 2.28. The zero-order valence-corrected chi connectivity index (χ0v) is 19.9. The number of amides is 1. The van der Waals surface area contributed by atoms with Crippen LogP contribution in [0.15, 0.2) is 29.8 Å². The fourth-order valence-corrected chi connectivity index (χ4v) is 4.30. The van der Waals surface area contributed by atoms with Crippen molar-refractivity contribution >= 4 is 5.91 Å². The van der Waals surface area contributed by atoms with Crippen molar-refractivity contribution < 1.29 is 4.79 Å². The van der Waals surface area contributed by atoms with Crippen molar-refractivity contribution in [2.75, 3.05) is 19.6 Å². The second kappa shape index (κ2) is 10.2. The van der Waals surface area contributed by atoms with Gasteiger partial charge in [-0.25, -0.2) is 0 Å². The van der Waals surface area contributed by atoms with Gasteiger partial charge in [-0.1, -0.05) is 42.7 Å². The van der Waals surface area contributed by atoms with Gasteiger partial charge in [-0.05, 0) is 52.2 Å². The van der Waals surface area contributed by atoms with Crippen LogP contribution in [0.4, 0.5) is 0 Å². The number of benzene rings is 1. The first-order chi connectivity index (χ1) is 14.8. The van der Waals surface area contributed by atoms with Crippen LogP contribution in [-0.4, -0.2) is 45.2 Å². The SMILES string of the molecule is C/C=C(\C)CN1CCc2nnc([C@H](CC(C)C)NC(=O)c3cc(C)cc(C)c3)n2CC1. The van der Waals surface area contributed by atoms with Crippen LogP contribution < -0.4 is 5.32 Å². The predicted molar refractivity (Wildman–Crippen MR) is 125 cm³/mol. The minimum atomic E-state index is -0.154. The number of allylic oxidation sites excluding steroid dienone is 1. The first-order valence-corrected chi connectivity index (χ1v) is 11.4. The van der Waals surface area contributed by atoms with Crippen LogP contribution >= 0.6 is 0 Å². The van der Waals surface area contributed by atoms with E-state index in [-0.39, 0.29) is 11.9 Å². The van der Waals surface area contributed by atoms with Crippen LogP contribution in [0.3, 0.4) is 0 Å². The molecule has 0 aliphatic carbocycles. The molecule has 2 aromatic rings. The van der Waals surface area contributed by atoms with Gasteiger partial charge in [0, 0.05) is 38.2 Å². The third-order valence-corrected chi connectivity index (χ3v) is 5.92. The summed E-state index contributed by atoms with van der Waals surface area (Å²) in [7, 11) is 0. The number of carbonyl (C=O) groups is 1. The van der Waals surface area contributed by atoms with E-state index in [2.05, 4.69) is 64.8 Å². The quantitative estimate of drug-likeness (QED) is 0.677. The van der Waals surface area contributed by atoms with Crippen LogP contribution in [0.1, 0.15) is 73.3 Å². The lowest BCUT2D eigenvalue weighted by atomic mass is 10.0. The number of aromatic nitrogens is 3. The number of fused-ring (bicyclic) bond motifs is 1. The van der Waals surface area contributed by atoms with Crippen LogP contribution in [0.25, 0.3) is 0 Å². The van der Waals surface area contributed by atoms with Gasteiger partial charge in [-0.2, -0.15) is 0 Å². The highest BCUT2D eigenvalue weighted by molar-refractivity contribution is 5.94.